The lowest BCUT2D eigenvalue weighted by atomic mass is 9.95. The third-order valence-electron chi connectivity index (χ3n) is 2.54. The second-order valence-electron chi connectivity index (χ2n) is 3.82. The molecule has 0 unspecified atom stereocenters. The van der Waals surface area contributed by atoms with Crippen molar-refractivity contribution in [2.45, 2.75) is 12.8 Å². The third kappa shape index (κ3) is 2.68. The van der Waals surface area contributed by atoms with E-state index in [0.717, 1.165) is 6.07 Å². The van der Waals surface area contributed by atoms with Gasteiger partial charge in [0.1, 0.15) is 0 Å². The topological polar surface area (TPSA) is 161 Å². The van der Waals surface area contributed by atoms with Crippen LogP contribution in [0.1, 0.15) is 17.0 Å². The number of aryl methyl sites for hydroxylation is 1. The van der Waals surface area contributed by atoms with Gasteiger partial charge >= 0.3 is 11.9 Å². The number of carboxylic acid groups (broad SMARTS) is 2. The lowest BCUT2D eigenvalue weighted by molar-refractivity contribution is -0.395. The molecule has 1 aromatic carbocycles. The van der Waals surface area contributed by atoms with Gasteiger partial charge in [-0.25, -0.2) is 0 Å². The van der Waals surface area contributed by atoms with Gasteiger partial charge in [0, 0.05) is 5.56 Å². The fourth-order valence-electron chi connectivity index (χ4n) is 1.67. The van der Waals surface area contributed by atoms with Crippen LogP contribution < -0.4 is 0 Å². The lowest BCUT2D eigenvalue weighted by Crippen LogP contribution is -2.22. The Balaban J connectivity index is 3.65. The molecule has 20 heavy (non-hydrogen) atoms. The standard InChI is InChI=1S/C10H8N2O8/c1-4-2-5(8(9(13)14)10(15)16)7(12(19)20)3-6(4)11(17)18/h2-3,8H,1H3,(H,13,14)(H,15,16). The average Bonchev–Trinajstić information content (AvgIpc) is 2.26. The molecule has 0 heterocycles. The first kappa shape index (κ1) is 15.0. The van der Waals surface area contributed by atoms with E-state index in [1.165, 1.54) is 6.92 Å². The van der Waals surface area contributed by atoms with Gasteiger partial charge in [-0.2, -0.15) is 0 Å². The average molecular weight is 284 g/mol. The van der Waals surface area contributed by atoms with Crippen LogP contribution in [0.15, 0.2) is 12.1 Å². The Morgan fingerprint density at radius 1 is 1.05 bits per heavy atom. The smallest absolute Gasteiger partial charge is 0.322 e. The Morgan fingerprint density at radius 3 is 1.85 bits per heavy atom. The van der Waals surface area contributed by atoms with Gasteiger partial charge in [0.2, 0.25) is 0 Å². The molecule has 0 bridgehead atoms. The van der Waals surface area contributed by atoms with Crippen LogP contribution in [-0.2, 0) is 9.59 Å². The molecule has 106 valence electrons. The number of rotatable bonds is 5. The van der Waals surface area contributed by atoms with E-state index in [1.807, 2.05) is 0 Å². The largest absolute Gasteiger partial charge is 0.480 e. The summed E-state index contributed by atoms with van der Waals surface area (Å²) in [7, 11) is 0. The number of nitro groups is 2. The summed E-state index contributed by atoms with van der Waals surface area (Å²) >= 11 is 0. The molecule has 10 nitrogen and oxygen atoms in total. The van der Waals surface area contributed by atoms with E-state index >= 15 is 0 Å². The van der Waals surface area contributed by atoms with Gasteiger partial charge in [0.25, 0.3) is 11.4 Å². The maximum Gasteiger partial charge on any atom is 0.322 e. The van der Waals surface area contributed by atoms with Crippen LogP contribution in [0.2, 0.25) is 0 Å². The van der Waals surface area contributed by atoms with Crippen molar-refractivity contribution >= 4 is 23.3 Å². The van der Waals surface area contributed by atoms with Crippen LogP contribution in [-0.4, -0.2) is 32.0 Å². The molecule has 0 aliphatic carbocycles. The highest BCUT2D eigenvalue weighted by Gasteiger charge is 2.36. The number of carbonyl (C=O) groups is 2. The molecular weight excluding hydrogens is 276 g/mol. The molecule has 2 N–H and O–H groups in total. The molecule has 0 fully saturated rings. The van der Waals surface area contributed by atoms with Gasteiger partial charge in [-0.15, -0.1) is 0 Å². The summed E-state index contributed by atoms with van der Waals surface area (Å²) in [6.45, 7) is 1.23. The number of benzene rings is 1. The number of nitro benzene ring substituents is 2. The first-order valence-electron chi connectivity index (χ1n) is 5.05. The SMILES string of the molecule is Cc1cc(C(C(=O)O)C(=O)O)c([N+](=O)[O-])cc1[N+](=O)[O-]. The van der Waals surface area contributed by atoms with Crippen LogP contribution in [0.3, 0.4) is 0 Å². The summed E-state index contributed by atoms with van der Waals surface area (Å²) in [5.74, 6) is -5.77. The minimum atomic E-state index is -2.17. The molecule has 0 amide bonds. The second-order valence-corrected chi connectivity index (χ2v) is 3.82. The Hall–Kier alpha value is -3.04. The van der Waals surface area contributed by atoms with Crippen LogP contribution >= 0.6 is 0 Å². The van der Waals surface area contributed by atoms with E-state index in [9.17, 15) is 29.8 Å². The molecule has 0 saturated heterocycles. The molecule has 0 aromatic heterocycles. The summed E-state index contributed by atoms with van der Waals surface area (Å²) in [6.07, 6.45) is 0. The monoisotopic (exact) mass is 284 g/mol. The lowest BCUT2D eigenvalue weighted by Gasteiger charge is -2.09. The van der Waals surface area contributed by atoms with E-state index in [2.05, 4.69) is 0 Å². The molecule has 10 heteroatoms. The maximum absolute atomic E-state index is 10.9. The summed E-state index contributed by atoms with van der Waals surface area (Å²) in [4.78, 5) is 41.4. The predicted octanol–water partition coefficient (Wildman–Crippen LogP) is 1.06. The normalized spacial score (nSPS) is 10.3. The van der Waals surface area contributed by atoms with Crippen molar-refractivity contribution in [3.63, 3.8) is 0 Å². The van der Waals surface area contributed by atoms with Crippen LogP contribution in [0.5, 0.6) is 0 Å². The molecule has 1 rings (SSSR count). The van der Waals surface area contributed by atoms with E-state index in [4.69, 9.17) is 10.2 Å². The summed E-state index contributed by atoms with van der Waals surface area (Å²) in [5, 5.41) is 39.2. The van der Waals surface area contributed by atoms with E-state index < -0.39 is 44.6 Å². The highest BCUT2D eigenvalue weighted by molar-refractivity contribution is 6.00. The van der Waals surface area contributed by atoms with Gasteiger partial charge in [0.15, 0.2) is 5.92 Å². The van der Waals surface area contributed by atoms with Gasteiger partial charge in [-0.3, -0.25) is 29.8 Å². The molecular formula is C10H8N2O8. The Morgan fingerprint density at radius 2 is 1.50 bits per heavy atom. The van der Waals surface area contributed by atoms with Gasteiger partial charge < -0.3 is 10.2 Å². The minimum Gasteiger partial charge on any atom is -0.480 e. The Bertz CT molecular complexity index is 610. The fraction of sp³-hybridized carbons (Fsp3) is 0.200. The van der Waals surface area contributed by atoms with Crippen LogP contribution in [0.25, 0.3) is 0 Å². The van der Waals surface area contributed by atoms with E-state index in [1.54, 1.807) is 0 Å². The number of hydrogen-bond donors (Lipinski definition) is 2. The van der Waals surface area contributed by atoms with Gasteiger partial charge in [-0.05, 0) is 13.0 Å². The third-order valence-corrected chi connectivity index (χ3v) is 2.54. The zero-order valence-corrected chi connectivity index (χ0v) is 9.97. The Labute approximate surface area is 110 Å². The van der Waals surface area contributed by atoms with E-state index in [-0.39, 0.29) is 5.56 Å². The number of aliphatic carboxylic acids is 2. The zero-order valence-electron chi connectivity index (χ0n) is 9.97. The molecule has 0 aliphatic heterocycles. The van der Waals surface area contributed by atoms with Crippen molar-refractivity contribution in [3.05, 3.63) is 43.5 Å². The summed E-state index contributed by atoms with van der Waals surface area (Å²) in [6, 6.07) is 1.40. The molecule has 0 radical (unpaired) electrons. The quantitative estimate of drug-likeness (QED) is 0.460. The van der Waals surface area contributed by atoms with Crippen molar-refractivity contribution < 1.29 is 29.6 Å². The van der Waals surface area contributed by atoms with Crippen molar-refractivity contribution in [2.24, 2.45) is 0 Å². The first-order chi connectivity index (χ1) is 9.16. The van der Waals surface area contributed by atoms with Gasteiger partial charge in [0.05, 0.1) is 21.5 Å². The highest BCUT2D eigenvalue weighted by Crippen LogP contribution is 2.33. The fourth-order valence-corrected chi connectivity index (χ4v) is 1.67. The van der Waals surface area contributed by atoms with Crippen molar-refractivity contribution in [2.75, 3.05) is 0 Å². The molecule has 0 atom stereocenters. The highest BCUT2D eigenvalue weighted by atomic mass is 16.6. The zero-order chi connectivity index (χ0) is 15.6. The molecule has 0 aliphatic rings. The van der Waals surface area contributed by atoms with Crippen molar-refractivity contribution in [3.8, 4) is 0 Å². The van der Waals surface area contributed by atoms with Crippen molar-refractivity contribution in [1.82, 2.24) is 0 Å². The minimum absolute atomic E-state index is 0.0666. The Kier molecular flexibility index (Phi) is 3.98. The predicted molar refractivity (Wildman–Crippen MR) is 62.5 cm³/mol. The number of carboxylic acids is 2. The van der Waals surface area contributed by atoms with Gasteiger partial charge in [-0.1, -0.05) is 0 Å². The summed E-state index contributed by atoms with van der Waals surface area (Å²) in [5.41, 5.74) is -2.19. The first-order valence-corrected chi connectivity index (χ1v) is 5.05. The van der Waals surface area contributed by atoms with Crippen LogP contribution in [0.4, 0.5) is 11.4 Å². The molecule has 0 spiro atoms. The summed E-state index contributed by atoms with van der Waals surface area (Å²) < 4.78 is 0. The number of hydrogen-bond acceptors (Lipinski definition) is 6. The molecule has 1 aromatic rings. The number of nitrogens with zero attached hydrogens (tertiary/aromatic N) is 2. The van der Waals surface area contributed by atoms with Crippen molar-refractivity contribution in [1.29, 1.82) is 0 Å². The maximum atomic E-state index is 10.9. The van der Waals surface area contributed by atoms with E-state index in [0.29, 0.717) is 6.07 Å². The molecule has 0 saturated carbocycles. The second kappa shape index (κ2) is 5.30. The van der Waals surface area contributed by atoms with Crippen LogP contribution in [0, 0.1) is 27.2 Å².